The van der Waals surface area contributed by atoms with Gasteiger partial charge in [0.2, 0.25) is 5.95 Å². The van der Waals surface area contributed by atoms with Crippen molar-refractivity contribution in [2.75, 3.05) is 25.1 Å². The number of imidazole rings is 1. The predicted molar refractivity (Wildman–Crippen MR) is 165 cm³/mol. The van der Waals surface area contributed by atoms with Gasteiger partial charge < -0.3 is 18.9 Å². The van der Waals surface area contributed by atoms with Crippen LogP contribution in [0.4, 0.5) is 10.7 Å². The second-order valence-corrected chi connectivity index (χ2v) is 13.1. The number of pyridine rings is 1. The maximum atomic E-state index is 14.2. The minimum absolute atomic E-state index is 0.0663. The van der Waals surface area contributed by atoms with E-state index in [4.69, 9.17) is 9.47 Å². The van der Waals surface area contributed by atoms with E-state index in [1.54, 1.807) is 25.5 Å². The zero-order chi connectivity index (χ0) is 31.1. The molecule has 0 N–H and O–H groups in total. The van der Waals surface area contributed by atoms with Gasteiger partial charge in [0.05, 0.1) is 24.9 Å². The van der Waals surface area contributed by atoms with Crippen molar-refractivity contribution in [3.8, 4) is 11.8 Å². The number of ether oxygens (including phenoxy) is 2. The van der Waals surface area contributed by atoms with Crippen LogP contribution >= 0.6 is 15.9 Å². The largest absolute Gasteiger partial charge is 0.492 e. The summed E-state index contributed by atoms with van der Waals surface area (Å²) in [6.07, 6.45) is 7.55. The summed E-state index contributed by atoms with van der Waals surface area (Å²) in [6, 6.07) is 7.62. The second kappa shape index (κ2) is 11.6. The van der Waals surface area contributed by atoms with Crippen LogP contribution < -0.4 is 9.64 Å². The molecule has 43 heavy (non-hydrogen) atoms. The molecule has 1 atom stereocenters. The molecule has 1 saturated carbocycles. The summed E-state index contributed by atoms with van der Waals surface area (Å²) in [5.41, 5.74) is 2.91. The molecule has 3 aromatic rings. The average molecular weight is 650 g/mol. The topological polar surface area (TPSA) is 114 Å². The van der Waals surface area contributed by atoms with Crippen LogP contribution in [-0.4, -0.2) is 57.2 Å². The first-order valence-electron chi connectivity index (χ1n) is 14.5. The average Bonchev–Trinajstić information content (AvgIpc) is 3.39. The number of anilines is 1. The van der Waals surface area contributed by atoms with E-state index in [1.807, 2.05) is 50.2 Å². The van der Waals surface area contributed by atoms with Crippen molar-refractivity contribution in [2.45, 2.75) is 77.5 Å². The highest BCUT2D eigenvalue weighted by molar-refractivity contribution is 9.10. The first kappa shape index (κ1) is 30.5. The fourth-order valence-electron chi connectivity index (χ4n) is 5.95. The zero-order valence-electron chi connectivity index (χ0n) is 25.5. The van der Waals surface area contributed by atoms with Crippen molar-refractivity contribution < 1.29 is 19.1 Å². The number of fused-ring (bicyclic) bond motifs is 2. The minimum Gasteiger partial charge on any atom is -0.492 e. The van der Waals surface area contributed by atoms with Crippen molar-refractivity contribution in [1.29, 1.82) is 5.26 Å². The Kier molecular flexibility index (Phi) is 8.27. The Hall–Kier alpha value is -3.91. The quantitative estimate of drug-likeness (QED) is 0.292. The Morgan fingerprint density at radius 1 is 1.26 bits per heavy atom. The molecule has 1 aliphatic carbocycles. The summed E-state index contributed by atoms with van der Waals surface area (Å²) in [4.78, 5) is 39.2. The van der Waals surface area contributed by atoms with E-state index in [1.165, 1.54) is 11.1 Å². The number of halogens is 1. The fourth-order valence-corrected chi connectivity index (χ4v) is 6.88. The smallest absolute Gasteiger partial charge is 0.416 e. The van der Waals surface area contributed by atoms with Gasteiger partial charge in [-0.3, -0.25) is 14.7 Å². The summed E-state index contributed by atoms with van der Waals surface area (Å²) >= 11 is 3.82. The van der Waals surface area contributed by atoms with E-state index in [0.29, 0.717) is 48.2 Å². The number of hydrogen-bond acceptors (Lipinski definition) is 7. The molecule has 3 heterocycles. The molecule has 2 aromatic heterocycles. The molecule has 2 aliphatic rings. The molecule has 1 aromatic carbocycles. The monoisotopic (exact) mass is 648 g/mol. The number of carbonyl (C=O) groups is 2. The lowest BCUT2D eigenvalue weighted by atomic mass is 9.61. The van der Waals surface area contributed by atoms with E-state index in [9.17, 15) is 14.9 Å². The Bertz CT molecular complexity index is 1600. The van der Waals surface area contributed by atoms with E-state index >= 15 is 0 Å². The van der Waals surface area contributed by atoms with Gasteiger partial charge in [0.15, 0.2) is 0 Å². The van der Waals surface area contributed by atoms with Crippen molar-refractivity contribution in [3.05, 3.63) is 69.2 Å². The maximum Gasteiger partial charge on any atom is 0.416 e. The molecule has 1 unspecified atom stereocenters. The minimum atomic E-state index is -0.634. The van der Waals surface area contributed by atoms with Crippen LogP contribution in [0.3, 0.4) is 0 Å². The molecule has 0 radical (unpaired) electrons. The highest BCUT2D eigenvalue weighted by atomic mass is 79.9. The van der Waals surface area contributed by atoms with Gasteiger partial charge in [-0.15, -0.1) is 0 Å². The molecule has 11 heteroatoms. The first-order chi connectivity index (χ1) is 20.4. The first-order valence-corrected chi connectivity index (χ1v) is 15.3. The van der Waals surface area contributed by atoms with Crippen LogP contribution in [0.25, 0.3) is 0 Å². The van der Waals surface area contributed by atoms with Crippen LogP contribution in [0, 0.1) is 11.3 Å². The van der Waals surface area contributed by atoms with Gasteiger partial charge >= 0.3 is 6.09 Å². The highest BCUT2D eigenvalue weighted by Crippen LogP contribution is 2.52. The van der Waals surface area contributed by atoms with Crippen molar-refractivity contribution in [1.82, 2.24) is 19.4 Å². The Morgan fingerprint density at radius 2 is 2.00 bits per heavy atom. The van der Waals surface area contributed by atoms with E-state index in [2.05, 4.69) is 38.0 Å². The molecular weight excluding hydrogens is 612 g/mol. The molecule has 10 nitrogen and oxygen atoms in total. The van der Waals surface area contributed by atoms with Crippen LogP contribution in [0.1, 0.15) is 92.7 Å². The van der Waals surface area contributed by atoms with Gasteiger partial charge in [0.25, 0.3) is 5.91 Å². The van der Waals surface area contributed by atoms with Crippen LogP contribution in [0.15, 0.2) is 41.3 Å². The normalized spacial score (nSPS) is 16.2. The van der Waals surface area contributed by atoms with Crippen LogP contribution in [-0.2, 0) is 16.7 Å². The third-order valence-electron chi connectivity index (χ3n) is 8.17. The molecule has 1 fully saturated rings. The number of amides is 2. The van der Waals surface area contributed by atoms with Gasteiger partial charge in [-0.1, -0.05) is 22.4 Å². The van der Waals surface area contributed by atoms with Gasteiger partial charge in [-0.05, 0) is 70.7 Å². The third-order valence-corrected chi connectivity index (χ3v) is 8.80. The molecule has 5 rings (SSSR count). The molecule has 0 bridgehead atoms. The Morgan fingerprint density at radius 3 is 2.63 bits per heavy atom. The summed E-state index contributed by atoms with van der Waals surface area (Å²) in [7, 11) is 1.63. The molecule has 0 saturated heterocycles. The zero-order valence-corrected chi connectivity index (χ0v) is 27.1. The van der Waals surface area contributed by atoms with Crippen molar-refractivity contribution in [2.24, 2.45) is 0 Å². The lowest BCUT2D eigenvalue weighted by Gasteiger charge is -2.51. The number of rotatable bonds is 7. The van der Waals surface area contributed by atoms with Gasteiger partial charge in [-0.2, -0.15) is 5.26 Å². The predicted octanol–water partition coefficient (Wildman–Crippen LogP) is 6.37. The maximum absolute atomic E-state index is 14.2. The number of hydrogen-bond donors (Lipinski definition) is 0. The summed E-state index contributed by atoms with van der Waals surface area (Å²) < 4.78 is 14.0. The van der Waals surface area contributed by atoms with E-state index in [-0.39, 0.29) is 17.4 Å². The highest BCUT2D eigenvalue weighted by Gasteiger charge is 2.49. The molecule has 1 aliphatic heterocycles. The molecule has 1 spiro atoms. The lowest BCUT2D eigenvalue weighted by Crippen LogP contribution is -2.53. The summed E-state index contributed by atoms with van der Waals surface area (Å²) in [6.45, 7) is 10.7. The van der Waals surface area contributed by atoms with Crippen molar-refractivity contribution in [3.63, 3.8) is 0 Å². The van der Waals surface area contributed by atoms with Crippen LogP contribution in [0.5, 0.6) is 5.75 Å². The lowest BCUT2D eigenvalue weighted by molar-refractivity contribution is 0.0484. The third kappa shape index (κ3) is 5.85. The second-order valence-electron chi connectivity index (χ2n) is 12.3. The molecular formula is C32H37BrN6O4. The number of carbonyl (C=O) groups excluding carboxylic acids is 2. The Labute approximate surface area is 260 Å². The number of aromatic nitrogens is 3. The van der Waals surface area contributed by atoms with Gasteiger partial charge in [-0.25, -0.2) is 9.78 Å². The number of nitriles is 1. The van der Waals surface area contributed by atoms with E-state index < -0.39 is 11.7 Å². The molecule has 226 valence electrons. The van der Waals surface area contributed by atoms with Gasteiger partial charge in [0, 0.05) is 53.7 Å². The Balaban J connectivity index is 1.47. The summed E-state index contributed by atoms with van der Waals surface area (Å²) in [5, 5.41) is 9.48. The summed E-state index contributed by atoms with van der Waals surface area (Å²) in [5.74, 6) is 0.850. The standard InChI is InChI=1S/C32H37BrN6O4/c1-7-42-26-15-25(36-17-22(26)16-34)20(2)39-19-32(9-8-10-32)27-23(28(39)40)13-21(14-24(27)33)18-38-12-11-35-29(38)37(6)30(41)43-31(3,4)5/h11-15,17,20H,7-10,18-19H2,1-6H3. The number of benzene rings is 1. The molecule has 2 amide bonds. The van der Waals surface area contributed by atoms with E-state index in [0.717, 1.165) is 34.9 Å². The van der Waals surface area contributed by atoms with Gasteiger partial charge in [0.1, 0.15) is 23.0 Å². The number of nitrogens with zero attached hydrogens (tertiary/aromatic N) is 6. The van der Waals surface area contributed by atoms with Crippen molar-refractivity contribution >= 4 is 33.9 Å². The van der Waals surface area contributed by atoms with Crippen LogP contribution in [0.2, 0.25) is 0 Å². The fraction of sp³-hybridized carbons (Fsp3) is 0.469. The SMILES string of the molecule is CCOc1cc(C(C)N2CC3(CCC3)c3c(Br)cc(Cn4ccnc4N(C)C(=O)OC(C)(C)C)cc3C2=O)ncc1C#N.